The molecule has 168 valence electrons. The molecule has 10 heteroatoms. The van der Waals surface area contributed by atoms with Gasteiger partial charge >= 0.3 is 5.97 Å². The van der Waals surface area contributed by atoms with Crippen LogP contribution < -0.4 is 5.32 Å². The number of hydrogen-bond donors (Lipinski definition) is 1. The van der Waals surface area contributed by atoms with Crippen LogP contribution in [0.1, 0.15) is 30.4 Å². The number of ether oxygens (including phenoxy) is 2. The van der Waals surface area contributed by atoms with Gasteiger partial charge < -0.3 is 14.8 Å². The molecule has 0 bridgehead atoms. The zero-order chi connectivity index (χ0) is 23.6. The number of imidazole rings is 1. The Kier molecular flexibility index (Phi) is 5.89. The van der Waals surface area contributed by atoms with Gasteiger partial charge in [0.1, 0.15) is 18.8 Å². The van der Waals surface area contributed by atoms with Crippen LogP contribution in [0.4, 0.5) is 10.2 Å². The fraction of sp³-hybridized carbons (Fsp3) is 0.261. The normalized spacial score (nSPS) is 19.8. The first-order valence-corrected chi connectivity index (χ1v) is 10.1. The van der Waals surface area contributed by atoms with Crippen LogP contribution >= 0.6 is 0 Å². The summed E-state index contributed by atoms with van der Waals surface area (Å²) in [6.07, 6.45) is 8.35. The molecule has 0 unspecified atom stereocenters. The van der Waals surface area contributed by atoms with Crippen molar-refractivity contribution in [2.75, 3.05) is 11.9 Å². The third-order valence-electron chi connectivity index (χ3n) is 5.04. The number of fused-ring (bicyclic) bond motifs is 1. The Bertz CT molecular complexity index is 1280. The zero-order valence-corrected chi connectivity index (χ0v) is 17.9. The average Bonchev–Trinajstić information content (AvgIpc) is 3.40. The van der Waals surface area contributed by atoms with Crippen molar-refractivity contribution in [2.45, 2.75) is 25.7 Å². The van der Waals surface area contributed by atoms with Crippen molar-refractivity contribution in [1.29, 1.82) is 0 Å². The third kappa shape index (κ3) is 4.18. The first-order valence-electron chi connectivity index (χ1n) is 10.1. The number of terminal acetylenes is 1. The van der Waals surface area contributed by atoms with E-state index in [4.69, 9.17) is 15.9 Å². The molecule has 0 aliphatic carbocycles. The van der Waals surface area contributed by atoms with E-state index in [1.54, 1.807) is 44.2 Å². The van der Waals surface area contributed by atoms with Crippen molar-refractivity contribution in [3.8, 4) is 12.3 Å². The largest absolute Gasteiger partial charge is 0.457 e. The Labute approximate surface area is 188 Å². The molecule has 0 radical (unpaired) electrons. The van der Waals surface area contributed by atoms with Gasteiger partial charge in [0.15, 0.2) is 23.2 Å². The van der Waals surface area contributed by atoms with Gasteiger partial charge in [-0.2, -0.15) is 0 Å². The number of aromatic nitrogens is 4. The number of carbonyl (C=O) groups excluding carboxylic acids is 2. The van der Waals surface area contributed by atoms with Gasteiger partial charge in [0.05, 0.1) is 11.9 Å². The fourth-order valence-corrected chi connectivity index (χ4v) is 3.16. The zero-order valence-electron chi connectivity index (χ0n) is 17.9. The molecule has 33 heavy (non-hydrogen) atoms. The Morgan fingerprint density at radius 3 is 2.76 bits per heavy atom. The van der Waals surface area contributed by atoms with Crippen LogP contribution in [0.15, 0.2) is 54.9 Å². The Morgan fingerprint density at radius 1 is 1.30 bits per heavy atom. The Balaban J connectivity index is 1.56. The molecule has 0 spiro atoms. The van der Waals surface area contributed by atoms with Crippen LogP contribution in [-0.2, 0) is 14.3 Å². The highest BCUT2D eigenvalue weighted by Gasteiger charge is 2.45. The van der Waals surface area contributed by atoms with E-state index in [0.29, 0.717) is 16.7 Å². The molecule has 9 nitrogen and oxygen atoms in total. The van der Waals surface area contributed by atoms with Crippen LogP contribution in [0.2, 0.25) is 0 Å². The standard InChI is InChI=1S/C23H20FN5O4/c1-4-23(11-32-22(31)15-8-6-5-7-9-15)16(24)10-17(33-23)29-13-27-18-19(25-12-26-20(18)29)28-21(30)14(2)3/h1,5-10,12-14,17H,11H2,2-3H3,(H,25,26,28,30)/t17-,23+/m1/s1. The number of amides is 1. The molecule has 1 aromatic carbocycles. The summed E-state index contributed by atoms with van der Waals surface area (Å²) < 4.78 is 27.4. The van der Waals surface area contributed by atoms with E-state index in [0.717, 1.165) is 6.08 Å². The lowest BCUT2D eigenvalue weighted by Crippen LogP contribution is -2.36. The van der Waals surface area contributed by atoms with Gasteiger partial charge in [0.2, 0.25) is 11.5 Å². The Morgan fingerprint density at radius 2 is 2.06 bits per heavy atom. The molecule has 2 aromatic heterocycles. The second-order valence-electron chi connectivity index (χ2n) is 7.63. The number of halogens is 1. The van der Waals surface area contributed by atoms with Crippen molar-refractivity contribution >= 4 is 28.9 Å². The van der Waals surface area contributed by atoms with E-state index >= 15 is 0 Å². The number of anilines is 1. The molecule has 0 fully saturated rings. The number of nitrogens with one attached hydrogen (secondary N) is 1. The average molecular weight is 449 g/mol. The van der Waals surface area contributed by atoms with Gasteiger partial charge in [-0.1, -0.05) is 38.0 Å². The second kappa shape index (κ2) is 8.80. The molecule has 2 atom stereocenters. The lowest BCUT2D eigenvalue weighted by atomic mass is 10.1. The summed E-state index contributed by atoms with van der Waals surface area (Å²) in [6, 6.07) is 8.26. The summed E-state index contributed by atoms with van der Waals surface area (Å²) in [4.78, 5) is 36.8. The molecule has 4 rings (SSSR count). The maximum Gasteiger partial charge on any atom is 0.338 e. The number of nitrogens with zero attached hydrogens (tertiary/aromatic N) is 4. The minimum atomic E-state index is -1.90. The predicted molar refractivity (Wildman–Crippen MR) is 116 cm³/mol. The first-order chi connectivity index (χ1) is 15.8. The van der Waals surface area contributed by atoms with Crippen molar-refractivity contribution < 1.29 is 23.5 Å². The van der Waals surface area contributed by atoms with Crippen molar-refractivity contribution in [3.05, 3.63) is 60.5 Å². The molecule has 1 N–H and O–H groups in total. The van der Waals surface area contributed by atoms with E-state index < -0.39 is 30.2 Å². The smallest absolute Gasteiger partial charge is 0.338 e. The highest BCUT2D eigenvalue weighted by molar-refractivity contribution is 5.97. The minimum absolute atomic E-state index is 0.222. The van der Waals surface area contributed by atoms with Crippen molar-refractivity contribution in [1.82, 2.24) is 19.5 Å². The van der Waals surface area contributed by atoms with Crippen molar-refractivity contribution in [2.24, 2.45) is 5.92 Å². The molecular weight excluding hydrogens is 429 g/mol. The summed E-state index contributed by atoms with van der Waals surface area (Å²) in [5.41, 5.74) is -0.991. The lowest BCUT2D eigenvalue weighted by Gasteiger charge is -2.24. The van der Waals surface area contributed by atoms with Gasteiger partial charge in [-0.15, -0.1) is 6.42 Å². The van der Waals surface area contributed by atoms with E-state index in [1.807, 2.05) is 0 Å². The maximum atomic E-state index is 15.0. The number of benzene rings is 1. The topological polar surface area (TPSA) is 108 Å². The van der Waals surface area contributed by atoms with Crippen LogP contribution in [-0.4, -0.2) is 43.6 Å². The number of esters is 1. The highest BCUT2D eigenvalue weighted by atomic mass is 19.1. The van der Waals surface area contributed by atoms with Gasteiger partial charge in [0, 0.05) is 12.0 Å². The van der Waals surface area contributed by atoms with Crippen LogP contribution in [0.25, 0.3) is 11.2 Å². The number of carbonyl (C=O) groups is 2. The first kappa shape index (κ1) is 22.1. The third-order valence-corrected chi connectivity index (χ3v) is 5.04. The van der Waals surface area contributed by atoms with E-state index in [1.165, 1.54) is 17.2 Å². The van der Waals surface area contributed by atoms with Gasteiger partial charge in [-0.25, -0.2) is 24.1 Å². The van der Waals surface area contributed by atoms with E-state index in [2.05, 4.69) is 26.2 Å². The number of rotatable bonds is 6. The maximum absolute atomic E-state index is 15.0. The van der Waals surface area contributed by atoms with Crippen LogP contribution in [0.3, 0.4) is 0 Å². The van der Waals surface area contributed by atoms with E-state index in [9.17, 15) is 14.0 Å². The monoisotopic (exact) mass is 449 g/mol. The van der Waals surface area contributed by atoms with Gasteiger partial charge in [0.25, 0.3) is 0 Å². The molecule has 1 amide bonds. The highest BCUT2D eigenvalue weighted by Crippen LogP contribution is 2.38. The summed E-state index contributed by atoms with van der Waals surface area (Å²) in [5, 5.41) is 2.69. The fourth-order valence-electron chi connectivity index (χ4n) is 3.16. The summed E-state index contributed by atoms with van der Waals surface area (Å²) in [5.74, 6) is 0.547. The summed E-state index contributed by atoms with van der Waals surface area (Å²) >= 11 is 0. The van der Waals surface area contributed by atoms with Crippen molar-refractivity contribution in [3.63, 3.8) is 0 Å². The molecule has 3 aromatic rings. The summed E-state index contributed by atoms with van der Waals surface area (Å²) in [7, 11) is 0. The predicted octanol–water partition coefficient (Wildman–Crippen LogP) is 3.03. The van der Waals surface area contributed by atoms with Gasteiger partial charge in [-0.05, 0) is 12.1 Å². The minimum Gasteiger partial charge on any atom is -0.457 e. The van der Waals surface area contributed by atoms with Gasteiger partial charge in [-0.3, -0.25) is 9.36 Å². The molecule has 0 saturated carbocycles. The molecule has 1 aliphatic heterocycles. The lowest BCUT2D eigenvalue weighted by molar-refractivity contribution is -0.118. The number of hydrogen-bond acceptors (Lipinski definition) is 7. The summed E-state index contributed by atoms with van der Waals surface area (Å²) in [6.45, 7) is 2.97. The van der Waals surface area contributed by atoms with Crippen LogP contribution in [0, 0.1) is 18.3 Å². The SMILES string of the molecule is C#C[C@@]1(COC(=O)c2ccccc2)O[C@@H](n2cnc3c(NC(=O)C(C)C)ncnc32)C=C1F. The molecule has 0 saturated heterocycles. The molecule has 3 heterocycles. The molecular formula is C23H20FN5O4. The van der Waals surface area contributed by atoms with E-state index in [-0.39, 0.29) is 17.6 Å². The Hall–Kier alpha value is -4.10. The quantitative estimate of drug-likeness (QED) is 0.455. The van der Waals surface area contributed by atoms with Crippen LogP contribution in [0.5, 0.6) is 0 Å². The molecule has 1 aliphatic rings. The second-order valence-corrected chi connectivity index (χ2v) is 7.63.